The monoisotopic (exact) mass is 352 g/mol. The number of hydrogen-bond acceptors (Lipinski definition) is 3. The lowest BCUT2D eigenvalue weighted by Crippen LogP contribution is -2.33. The van der Waals surface area contributed by atoms with Crippen LogP contribution in [0.15, 0.2) is 77.7 Å². The van der Waals surface area contributed by atoms with E-state index in [4.69, 9.17) is 0 Å². The summed E-state index contributed by atoms with van der Waals surface area (Å²) in [6.07, 6.45) is 0. The molecule has 0 bridgehead atoms. The van der Waals surface area contributed by atoms with Crippen molar-refractivity contribution in [2.45, 2.75) is 11.8 Å². The Kier molecular flexibility index (Phi) is 5.48. The molecular formula is C20H17FN2OS. The van der Waals surface area contributed by atoms with Crippen LogP contribution in [0.2, 0.25) is 0 Å². The molecule has 5 heteroatoms. The molecule has 3 aromatic carbocycles. The number of hydrogen-bond donors (Lipinski definition) is 2. The van der Waals surface area contributed by atoms with Crippen LogP contribution in [0.5, 0.6) is 0 Å². The molecule has 0 fully saturated rings. The molecule has 3 nitrogen and oxygen atoms in total. The van der Waals surface area contributed by atoms with Crippen LogP contribution in [0.25, 0.3) is 11.1 Å². The van der Waals surface area contributed by atoms with E-state index in [1.165, 1.54) is 11.9 Å². The van der Waals surface area contributed by atoms with Gasteiger partial charge >= 0.3 is 0 Å². The number of rotatable bonds is 5. The molecule has 0 saturated heterocycles. The van der Waals surface area contributed by atoms with Crippen LogP contribution in [0.3, 0.4) is 0 Å². The van der Waals surface area contributed by atoms with Crippen molar-refractivity contribution < 1.29 is 9.18 Å². The van der Waals surface area contributed by atoms with E-state index in [0.29, 0.717) is 11.1 Å². The third kappa shape index (κ3) is 4.07. The van der Waals surface area contributed by atoms with Gasteiger partial charge < -0.3 is 0 Å². The molecule has 3 rings (SSSR count). The van der Waals surface area contributed by atoms with Gasteiger partial charge in [-0.3, -0.25) is 10.2 Å². The summed E-state index contributed by atoms with van der Waals surface area (Å²) in [6.45, 7) is 1.72. The molecule has 0 spiro atoms. The van der Waals surface area contributed by atoms with Crippen LogP contribution < -0.4 is 10.3 Å². The first-order valence-corrected chi connectivity index (χ1v) is 8.60. The second-order valence-electron chi connectivity index (χ2n) is 5.46. The van der Waals surface area contributed by atoms with Gasteiger partial charge in [0.05, 0.1) is 5.56 Å². The fourth-order valence-corrected chi connectivity index (χ4v) is 3.03. The molecule has 0 saturated carbocycles. The summed E-state index contributed by atoms with van der Waals surface area (Å²) < 4.78 is 14.9. The topological polar surface area (TPSA) is 41.1 Å². The summed E-state index contributed by atoms with van der Waals surface area (Å²) >= 11 is 1.25. The van der Waals surface area contributed by atoms with E-state index in [1.807, 2.05) is 60.7 Å². The Morgan fingerprint density at radius 3 is 2.24 bits per heavy atom. The van der Waals surface area contributed by atoms with Gasteiger partial charge in [-0.2, -0.15) is 4.83 Å². The van der Waals surface area contributed by atoms with Gasteiger partial charge in [-0.1, -0.05) is 60.7 Å². The third-order valence-electron chi connectivity index (χ3n) is 3.74. The predicted octanol–water partition coefficient (Wildman–Crippen LogP) is 4.74. The van der Waals surface area contributed by atoms with Gasteiger partial charge in [-0.15, -0.1) is 0 Å². The fourth-order valence-electron chi connectivity index (χ4n) is 2.47. The third-order valence-corrected chi connectivity index (χ3v) is 4.45. The number of halogens is 1. The Labute approximate surface area is 150 Å². The zero-order chi connectivity index (χ0) is 17.6. The van der Waals surface area contributed by atoms with E-state index in [2.05, 4.69) is 10.3 Å². The second-order valence-corrected chi connectivity index (χ2v) is 6.34. The zero-order valence-corrected chi connectivity index (χ0v) is 14.4. The molecule has 25 heavy (non-hydrogen) atoms. The van der Waals surface area contributed by atoms with Crippen LogP contribution in [0.4, 0.5) is 4.39 Å². The van der Waals surface area contributed by atoms with Crippen molar-refractivity contribution in [3.8, 4) is 11.1 Å². The van der Waals surface area contributed by atoms with E-state index in [9.17, 15) is 9.18 Å². The molecule has 0 radical (unpaired) electrons. The van der Waals surface area contributed by atoms with Gasteiger partial charge in [0, 0.05) is 10.5 Å². The summed E-state index contributed by atoms with van der Waals surface area (Å²) in [6, 6.07) is 22.2. The summed E-state index contributed by atoms with van der Waals surface area (Å²) in [7, 11) is 0. The molecule has 3 aromatic rings. The maximum Gasteiger partial charge on any atom is 0.269 e. The lowest BCUT2D eigenvalue weighted by atomic mass is 9.98. The van der Waals surface area contributed by atoms with Crippen molar-refractivity contribution in [1.29, 1.82) is 0 Å². The van der Waals surface area contributed by atoms with Gasteiger partial charge in [-0.05, 0) is 42.1 Å². The van der Waals surface area contributed by atoms with Crippen LogP contribution >= 0.6 is 11.9 Å². The van der Waals surface area contributed by atoms with E-state index in [-0.39, 0.29) is 5.56 Å². The zero-order valence-electron chi connectivity index (χ0n) is 13.6. The van der Waals surface area contributed by atoms with Crippen molar-refractivity contribution in [3.63, 3.8) is 0 Å². The number of hydrazine groups is 1. The Balaban J connectivity index is 1.78. The average Bonchev–Trinajstić information content (AvgIpc) is 2.63. The molecule has 0 atom stereocenters. The minimum absolute atomic E-state index is 0.0440. The molecule has 2 N–H and O–H groups in total. The molecule has 126 valence electrons. The molecule has 0 heterocycles. The van der Waals surface area contributed by atoms with Crippen molar-refractivity contribution in [2.24, 2.45) is 0 Å². The highest BCUT2D eigenvalue weighted by molar-refractivity contribution is 7.97. The van der Waals surface area contributed by atoms with Gasteiger partial charge in [0.1, 0.15) is 5.82 Å². The molecular weight excluding hydrogens is 335 g/mol. The Morgan fingerprint density at radius 2 is 1.56 bits per heavy atom. The highest BCUT2D eigenvalue weighted by Gasteiger charge is 2.18. The quantitative estimate of drug-likeness (QED) is 0.515. The van der Waals surface area contributed by atoms with Crippen molar-refractivity contribution in [2.75, 3.05) is 0 Å². The maximum absolute atomic E-state index is 14.9. The van der Waals surface area contributed by atoms with Crippen LogP contribution in [-0.2, 0) is 0 Å². The number of benzene rings is 3. The summed E-state index contributed by atoms with van der Waals surface area (Å²) in [4.78, 5) is 16.1. The van der Waals surface area contributed by atoms with Crippen molar-refractivity contribution in [3.05, 3.63) is 89.7 Å². The Hall–Kier alpha value is -2.63. The first-order valence-electron chi connectivity index (χ1n) is 7.78. The van der Waals surface area contributed by atoms with Crippen molar-refractivity contribution >= 4 is 17.9 Å². The summed E-state index contributed by atoms with van der Waals surface area (Å²) in [5.41, 5.74) is 4.32. The first-order chi connectivity index (χ1) is 12.2. The molecule has 0 aromatic heterocycles. The minimum atomic E-state index is -0.518. The van der Waals surface area contributed by atoms with E-state index in [1.54, 1.807) is 19.1 Å². The van der Waals surface area contributed by atoms with Crippen LogP contribution in [0, 0.1) is 12.7 Å². The molecule has 0 aliphatic rings. The van der Waals surface area contributed by atoms with Crippen molar-refractivity contribution in [1.82, 2.24) is 10.3 Å². The Bertz CT molecular complexity index is 870. The second kappa shape index (κ2) is 7.96. The van der Waals surface area contributed by atoms with Crippen LogP contribution in [-0.4, -0.2) is 5.91 Å². The number of carbonyl (C=O) groups excluding carboxylic acids is 1. The average molecular weight is 352 g/mol. The largest absolute Gasteiger partial charge is 0.277 e. The number of amides is 1. The van der Waals surface area contributed by atoms with Gasteiger partial charge in [-0.25, -0.2) is 4.39 Å². The summed E-state index contributed by atoms with van der Waals surface area (Å²) in [5.74, 6) is -1.02. The molecule has 0 aliphatic carbocycles. The predicted molar refractivity (Wildman–Crippen MR) is 99.5 cm³/mol. The number of aryl methyl sites for hydroxylation is 1. The standard InChI is InChI=1S/C20H17FN2OS/c1-14-12-13-17(15-8-4-2-5-9-15)19(21)18(14)20(24)22-23-25-16-10-6-3-7-11-16/h2-13,23H,1H3,(H,22,24). The molecule has 0 aliphatic heterocycles. The Morgan fingerprint density at radius 1 is 0.920 bits per heavy atom. The lowest BCUT2D eigenvalue weighted by Gasteiger charge is -2.12. The minimum Gasteiger partial charge on any atom is -0.277 e. The highest BCUT2D eigenvalue weighted by Crippen LogP contribution is 2.27. The fraction of sp³-hybridized carbons (Fsp3) is 0.0500. The van der Waals surface area contributed by atoms with E-state index >= 15 is 0 Å². The molecule has 1 amide bonds. The van der Waals surface area contributed by atoms with Gasteiger partial charge in [0.25, 0.3) is 5.91 Å². The number of carbonyl (C=O) groups is 1. The normalized spacial score (nSPS) is 10.5. The lowest BCUT2D eigenvalue weighted by molar-refractivity contribution is 0.0942. The SMILES string of the molecule is Cc1ccc(-c2ccccc2)c(F)c1C(=O)NNSc1ccccc1. The summed E-state index contributed by atoms with van der Waals surface area (Å²) in [5, 5.41) is 0. The van der Waals surface area contributed by atoms with E-state index in [0.717, 1.165) is 10.5 Å². The highest BCUT2D eigenvalue weighted by atomic mass is 32.2. The van der Waals surface area contributed by atoms with Gasteiger partial charge in [0.15, 0.2) is 0 Å². The van der Waals surface area contributed by atoms with E-state index < -0.39 is 11.7 Å². The maximum atomic E-state index is 14.9. The molecule has 0 unspecified atom stereocenters. The van der Waals surface area contributed by atoms with Gasteiger partial charge in [0.2, 0.25) is 0 Å². The van der Waals surface area contributed by atoms with Crippen LogP contribution in [0.1, 0.15) is 15.9 Å². The first kappa shape index (κ1) is 17.2. The number of nitrogens with one attached hydrogen (secondary N) is 2. The smallest absolute Gasteiger partial charge is 0.269 e.